The van der Waals surface area contributed by atoms with Crippen LogP contribution in [-0.4, -0.2) is 36.4 Å². The predicted molar refractivity (Wildman–Crippen MR) is 86.4 cm³/mol. The molecular weight excluding hydrogens is 286 g/mol. The van der Waals surface area contributed by atoms with Crippen LogP contribution in [0.15, 0.2) is 12.3 Å². The summed E-state index contributed by atoms with van der Waals surface area (Å²) in [5.41, 5.74) is 0.216. The maximum atomic E-state index is 6.16. The van der Waals surface area contributed by atoms with Crippen molar-refractivity contribution in [2.75, 3.05) is 18.0 Å². The van der Waals surface area contributed by atoms with Crippen molar-refractivity contribution < 1.29 is 9.31 Å². The fourth-order valence-electron chi connectivity index (χ4n) is 2.78. The van der Waals surface area contributed by atoms with Gasteiger partial charge in [0.05, 0.1) is 16.2 Å². The molecule has 6 heteroatoms. The lowest BCUT2D eigenvalue weighted by Gasteiger charge is -2.32. The first-order valence-corrected chi connectivity index (χ1v) is 7.94. The Kier molecular flexibility index (Phi) is 3.71. The molecule has 2 aliphatic heterocycles. The number of hydrogen-bond acceptors (Lipinski definition) is 4. The van der Waals surface area contributed by atoms with E-state index in [1.807, 2.05) is 6.07 Å². The van der Waals surface area contributed by atoms with Gasteiger partial charge in [-0.25, -0.2) is 4.98 Å². The van der Waals surface area contributed by atoms with E-state index >= 15 is 0 Å². The van der Waals surface area contributed by atoms with Gasteiger partial charge in [-0.05, 0) is 46.6 Å². The minimum Gasteiger partial charge on any atom is -0.399 e. The highest BCUT2D eigenvalue weighted by Gasteiger charge is 2.52. The minimum absolute atomic E-state index is 0.359. The fraction of sp³-hybridized carbons (Fsp3) is 0.667. The normalized spacial score (nSPS) is 23.9. The Bertz CT molecular complexity index is 528. The lowest BCUT2D eigenvalue weighted by Crippen LogP contribution is -2.41. The van der Waals surface area contributed by atoms with Gasteiger partial charge in [0.25, 0.3) is 0 Å². The molecule has 2 aliphatic rings. The highest BCUT2D eigenvalue weighted by atomic mass is 35.5. The number of pyridine rings is 1. The number of halogens is 1. The summed E-state index contributed by atoms with van der Waals surface area (Å²) in [6.45, 7) is 10.3. The number of anilines is 1. The molecule has 0 saturated carbocycles. The van der Waals surface area contributed by atoms with Crippen molar-refractivity contribution in [3.05, 3.63) is 17.3 Å². The van der Waals surface area contributed by atoms with E-state index in [-0.39, 0.29) is 11.2 Å². The molecule has 2 fully saturated rings. The number of rotatable bonds is 2. The van der Waals surface area contributed by atoms with Crippen LogP contribution in [-0.2, 0) is 9.31 Å². The summed E-state index contributed by atoms with van der Waals surface area (Å²) in [5, 5.41) is 0.614. The molecule has 0 aliphatic carbocycles. The minimum atomic E-state index is -0.420. The van der Waals surface area contributed by atoms with Gasteiger partial charge in [0.15, 0.2) is 0 Å². The first kappa shape index (κ1) is 15.1. The Labute approximate surface area is 131 Å². The molecule has 114 valence electrons. The average molecular weight is 309 g/mol. The van der Waals surface area contributed by atoms with E-state index in [9.17, 15) is 0 Å². The van der Waals surface area contributed by atoms with Crippen LogP contribution in [0.25, 0.3) is 0 Å². The smallest absolute Gasteiger partial charge is 0.399 e. The van der Waals surface area contributed by atoms with Gasteiger partial charge < -0.3 is 14.2 Å². The lowest BCUT2D eigenvalue weighted by molar-refractivity contribution is 0.00578. The lowest BCUT2D eigenvalue weighted by atomic mass is 9.79. The molecule has 0 N–H and O–H groups in total. The third-order valence-electron chi connectivity index (χ3n) is 4.77. The monoisotopic (exact) mass is 308 g/mol. The Morgan fingerprint density at radius 1 is 1.14 bits per heavy atom. The Hall–Kier alpha value is -0.775. The molecule has 0 bridgehead atoms. The van der Waals surface area contributed by atoms with E-state index in [1.54, 1.807) is 6.20 Å². The van der Waals surface area contributed by atoms with Crippen LogP contribution in [0.3, 0.4) is 0 Å². The summed E-state index contributed by atoms with van der Waals surface area (Å²) < 4.78 is 12.3. The molecule has 0 unspecified atom stereocenters. The molecule has 0 aromatic carbocycles. The van der Waals surface area contributed by atoms with E-state index in [0.717, 1.165) is 24.4 Å². The fourth-order valence-corrected chi connectivity index (χ4v) is 2.95. The molecule has 2 saturated heterocycles. The molecule has 1 aromatic heterocycles. The maximum absolute atomic E-state index is 6.16. The first-order valence-electron chi connectivity index (χ1n) is 7.56. The zero-order valence-electron chi connectivity index (χ0n) is 13.1. The van der Waals surface area contributed by atoms with Gasteiger partial charge in [-0.15, -0.1) is 0 Å². The van der Waals surface area contributed by atoms with E-state index in [1.165, 1.54) is 12.8 Å². The molecule has 0 atom stereocenters. The largest absolute Gasteiger partial charge is 0.498 e. The van der Waals surface area contributed by atoms with Crippen LogP contribution in [0.1, 0.15) is 40.5 Å². The Morgan fingerprint density at radius 2 is 1.71 bits per heavy atom. The zero-order chi connectivity index (χ0) is 15.3. The highest BCUT2D eigenvalue weighted by molar-refractivity contribution is 6.64. The summed E-state index contributed by atoms with van der Waals surface area (Å²) in [6, 6.07) is 1.92. The summed E-state index contributed by atoms with van der Waals surface area (Å²) in [7, 11) is -0.420. The standard InChI is InChI=1S/C15H22BClN2O2/c1-14(2)15(3,4)21-16(20-14)12-9-11(17)10-18-13(12)19-7-5-6-8-19/h9-10H,5-8H2,1-4H3. The topological polar surface area (TPSA) is 34.6 Å². The van der Waals surface area contributed by atoms with Crippen LogP contribution in [0.5, 0.6) is 0 Å². The van der Waals surface area contributed by atoms with E-state index in [4.69, 9.17) is 20.9 Å². The summed E-state index contributed by atoms with van der Waals surface area (Å²) in [5.74, 6) is 0.940. The molecule has 0 spiro atoms. The molecular formula is C15H22BClN2O2. The summed E-state index contributed by atoms with van der Waals surface area (Å²) in [4.78, 5) is 6.82. The second-order valence-corrected chi connectivity index (χ2v) is 7.29. The van der Waals surface area contributed by atoms with Crippen molar-refractivity contribution in [3.63, 3.8) is 0 Å². The highest BCUT2D eigenvalue weighted by Crippen LogP contribution is 2.37. The van der Waals surface area contributed by atoms with Crippen LogP contribution in [0.4, 0.5) is 5.82 Å². The van der Waals surface area contributed by atoms with Crippen molar-refractivity contribution in [1.29, 1.82) is 0 Å². The number of hydrogen-bond donors (Lipinski definition) is 0. The van der Waals surface area contributed by atoms with Crippen molar-refractivity contribution in [2.24, 2.45) is 0 Å². The summed E-state index contributed by atoms with van der Waals surface area (Å²) >= 11 is 6.15. The van der Waals surface area contributed by atoms with Gasteiger partial charge in [-0.3, -0.25) is 0 Å². The van der Waals surface area contributed by atoms with E-state index < -0.39 is 7.12 Å². The van der Waals surface area contributed by atoms with Crippen molar-refractivity contribution in [1.82, 2.24) is 4.98 Å². The quantitative estimate of drug-likeness (QED) is 0.787. The number of aromatic nitrogens is 1. The van der Waals surface area contributed by atoms with Crippen LogP contribution >= 0.6 is 11.6 Å². The van der Waals surface area contributed by atoms with Gasteiger partial charge in [-0.2, -0.15) is 0 Å². The maximum Gasteiger partial charge on any atom is 0.498 e. The Morgan fingerprint density at radius 3 is 2.29 bits per heavy atom. The van der Waals surface area contributed by atoms with Crippen LogP contribution in [0.2, 0.25) is 5.02 Å². The van der Waals surface area contributed by atoms with Crippen molar-refractivity contribution in [3.8, 4) is 0 Å². The zero-order valence-corrected chi connectivity index (χ0v) is 13.9. The predicted octanol–water partition coefficient (Wildman–Crippen LogP) is 2.63. The molecule has 21 heavy (non-hydrogen) atoms. The molecule has 0 amide bonds. The Balaban J connectivity index is 1.96. The average Bonchev–Trinajstić information content (AvgIpc) is 2.97. The van der Waals surface area contributed by atoms with Crippen molar-refractivity contribution in [2.45, 2.75) is 51.7 Å². The van der Waals surface area contributed by atoms with Gasteiger partial charge in [0.1, 0.15) is 5.82 Å². The van der Waals surface area contributed by atoms with E-state index in [2.05, 4.69) is 37.6 Å². The summed E-state index contributed by atoms with van der Waals surface area (Å²) in [6.07, 6.45) is 4.10. The molecule has 4 nitrogen and oxygen atoms in total. The SMILES string of the molecule is CC1(C)OB(c2cc(Cl)cnc2N2CCCC2)OC1(C)C. The number of nitrogens with zero attached hydrogens (tertiary/aromatic N) is 2. The molecule has 1 aromatic rings. The third-order valence-corrected chi connectivity index (χ3v) is 4.98. The molecule has 3 heterocycles. The van der Waals surface area contributed by atoms with Crippen molar-refractivity contribution >= 4 is 30.0 Å². The van der Waals surface area contributed by atoms with E-state index in [0.29, 0.717) is 5.02 Å². The van der Waals surface area contributed by atoms with Gasteiger partial charge in [0, 0.05) is 24.7 Å². The first-order chi connectivity index (χ1) is 9.80. The molecule has 0 radical (unpaired) electrons. The van der Waals surface area contributed by atoms with Crippen LogP contribution in [0, 0.1) is 0 Å². The van der Waals surface area contributed by atoms with Gasteiger partial charge in [0.2, 0.25) is 0 Å². The second-order valence-electron chi connectivity index (χ2n) is 6.85. The second kappa shape index (κ2) is 5.15. The van der Waals surface area contributed by atoms with Gasteiger partial charge >= 0.3 is 7.12 Å². The van der Waals surface area contributed by atoms with Crippen LogP contribution < -0.4 is 10.4 Å². The molecule has 3 rings (SSSR count). The van der Waals surface area contributed by atoms with Gasteiger partial charge in [-0.1, -0.05) is 11.6 Å². The third kappa shape index (κ3) is 2.67.